The van der Waals surface area contributed by atoms with E-state index < -0.39 is 0 Å². The number of unbranched alkanes of at least 4 members (excludes halogenated alkanes) is 1. The zero-order valence-corrected chi connectivity index (χ0v) is 19.2. The van der Waals surface area contributed by atoms with Crippen molar-refractivity contribution < 1.29 is 14.6 Å². The second-order valence-corrected chi connectivity index (χ2v) is 8.62. The maximum atomic E-state index is 9.54. The number of nitrogens with zero attached hydrogens (tertiary/aromatic N) is 2. The van der Waals surface area contributed by atoms with Gasteiger partial charge in [0.1, 0.15) is 12.4 Å². The Bertz CT molecular complexity index is 995. The predicted octanol–water partition coefficient (Wildman–Crippen LogP) is 4.27. The lowest BCUT2D eigenvalue weighted by atomic mass is 9.98. The SMILES string of the molecule is CCCCc1nnc(OC[C@@H]2CNC[C@H]2CO)cc1-c1ccc(OCc2ccccc2)cc1. The molecular weight excluding hydrogens is 414 g/mol. The van der Waals surface area contributed by atoms with E-state index in [9.17, 15) is 5.11 Å². The summed E-state index contributed by atoms with van der Waals surface area (Å²) in [5.74, 6) is 1.86. The molecule has 6 heteroatoms. The largest absolute Gasteiger partial charge is 0.489 e. The van der Waals surface area contributed by atoms with Crippen molar-refractivity contribution in [3.05, 3.63) is 71.9 Å². The number of aromatic nitrogens is 2. The van der Waals surface area contributed by atoms with Crippen molar-refractivity contribution in [1.82, 2.24) is 15.5 Å². The first kappa shape index (κ1) is 23.2. The van der Waals surface area contributed by atoms with Crippen molar-refractivity contribution in [2.45, 2.75) is 32.8 Å². The summed E-state index contributed by atoms with van der Waals surface area (Å²) in [4.78, 5) is 0. The van der Waals surface area contributed by atoms with E-state index in [1.165, 1.54) is 0 Å². The lowest BCUT2D eigenvalue weighted by molar-refractivity contribution is 0.159. The molecule has 0 unspecified atom stereocenters. The van der Waals surface area contributed by atoms with Crippen molar-refractivity contribution in [3.63, 3.8) is 0 Å². The van der Waals surface area contributed by atoms with Crippen LogP contribution >= 0.6 is 0 Å². The molecule has 1 fully saturated rings. The Morgan fingerprint density at radius 3 is 2.52 bits per heavy atom. The maximum Gasteiger partial charge on any atom is 0.234 e. The molecule has 4 rings (SSSR count). The van der Waals surface area contributed by atoms with E-state index in [2.05, 4.69) is 46.7 Å². The molecule has 0 amide bonds. The Balaban J connectivity index is 1.47. The summed E-state index contributed by atoms with van der Waals surface area (Å²) < 4.78 is 11.9. The standard InChI is InChI=1S/C27H33N3O3/c1-2-3-9-26-25(14-27(30-29-26)33-19-23-16-28-15-22(23)17-31)21-10-12-24(13-11-21)32-18-20-7-5-4-6-8-20/h4-8,10-14,22-23,28,31H,2-3,9,15-19H2,1H3/t22-,23-/m0/s1. The second-order valence-electron chi connectivity index (χ2n) is 8.62. The predicted molar refractivity (Wildman–Crippen MR) is 129 cm³/mol. The third kappa shape index (κ3) is 6.30. The van der Waals surface area contributed by atoms with Gasteiger partial charge in [-0.1, -0.05) is 55.8 Å². The molecule has 2 heterocycles. The number of rotatable bonds is 11. The van der Waals surface area contributed by atoms with Gasteiger partial charge in [0, 0.05) is 43.2 Å². The smallest absolute Gasteiger partial charge is 0.234 e. The quantitative estimate of drug-likeness (QED) is 0.457. The van der Waals surface area contributed by atoms with Gasteiger partial charge in [-0.2, -0.15) is 5.10 Å². The summed E-state index contributed by atoms with van der Waals surface area (Å²) in [6, 6.07) is 20.3. The normalized spacial score (nSPS) is 17.8. The van der Waals surface area contributed by atoms with Crippen LogP contribution in [-0.2, 0) is 13.0 Å². The van der Waals surface area contributed by atoms with Crippen LogP contribution in [0.1, 0.15) is 31.0 Å². The highest BCUT2D eigenvalue weighted by Gasteiger charge is 2.27. The van der Waals surface area contributed by atoms with Gasteiger partial charge in [0.15, 0.2) is 0 Å². The first-order chi connectivity index (χ1) is 16.3. The third-order valence-corrected chi connectivity index (χ3v) is 6.19. The minimum atomic E-state index is 0.173. The van der Waals surface area contributed by atoms with Crippen molar-refractivity contribution in [2.24, 2.45) is 11.8 Å². The van der Waals surface area contributed by atoms with E-state index >= 15 is 0 Å². The number of aliphatic hydroxyl groups is 1. The zero-order valence-electron chi connectivity index (χ0n) is 19.2. The fourth-order valence-electron chi connectivity index (χ4n) is 4.11. The molecule has 174 valence electrons. The topological polar surface area (TPSA) is 76.5 Å². The molecule has 0 spiro atoms. The van der Waals surface area contributed by atoms with Crippen LogP contribution in [-0.4, -0.2) is 41.6 Å². The van der Waals surface area contributed by atoms with E-state index in [-0.39, 0.29) is 18.4 Å². The average molecular weight is 448 g/mol. The molecule has 0 bridgehead atoms. The Morgan fingerprint density at radius 2 is 1.76 bits per heavy atom. The number of aryl methyl sites for hydroxylation is 1. The van der Waals surface area contributed by atoms with Crippen LogP contribution in [0.5, 0.6) is 11.6 Å². The monoisotopic (exact) mass is 447 g/mol. The van der Waals surface area contributed by atoms with Crippen LogP contribution in [0.3, 0.4) is 0 Å². The fourth-order valence-corrected chi connectivity index (χ4v) is 4.11. The first-order valence-corrected chi connectivity index (χ1v) is 11.8. The summed E-state index contributed by atoms with van der Waals surface area (Å²) in [6.45, 7) is 5.10. The maximum absolute atomic E-state index is 9.54. The van der Waals surface area contributed by atoms with Gasteiger partial charge in [0.2, 0.25) is 5.88 Å². The number of hydrogen-bond acceptors (Lipinski definition) is 6. The van der Waals surface area contributed by atoms with Crippen LogP contribution in [0.2, 0.25) is 0 Å². The molecule has 0 saturated carbocycles. The van der Waals surface area contributed by atoms with Crippen molar-refractivity contribution in [3.8, 4) is 22.8 Å². The van der Waals surface area contributed by atoms with Gasteiger partial charge in [0.25, 0.3) is 0 Å². The van der Waals surface area contributed by atoms with E-state index in [1.807, 2.05) is 36.4 Å². The first-order valence-electron chi connectivity index (χ1n) is 11.8. The van der Waals surface area contributed by atoms with Crippen LogP contribution in [0.25, 0.3) is 11.1 Å². The van der Waals surface area contributed by atoms with E-state index in [4.69, 9.17) is 9.47 Å². The van der Waals surface area contributed by atoms with E-state index in [1.54, 1.807) is 0 Å². The molecule has 2 N–H and O–H groups in total. The summed E-state index contributed by atoms with van der Waals surface area (Å²) in [7, 11) is 0. The van der Waals surface area contributed by atoms with E-state index in [0.717, 1.165) is 60.5 Å². The second kappa shape index (κ2) is 11.8. The van der Waals surface area contributed by atoms with Crippen LogP contribution in [0.15, 0.2) is 60.7 Å². The van der Waals surface area contributed by atoms with Gasteiger partial charge in [-0.3, -0.25) is 0 Å². The Hall–Kier alpha value is -2.96. The molecule has 0 aliphatic carbocycles. The van der Waals surface area contributed by atoms with Crippen LogP contribution in [0.4, 0.5) is 0 Å². The average Bonchev–Trinajstić information content (AvgIpc) is 3.34. The van der Waals surface area contributed by atoms with Gasteiger partial charge in [-0.25, -0.2) is 0 Å². The lowest BCUT2D eigenvalue weighted by Gasteiger charge is -2.17. The number of benzene rings is 2. The number of hydrogen-bond donors (Lipinski definition) is 2. The van der Waals surface area contributed by atoms with Crippen molar-refractivity contribution in [1.29, 1.82) is 0 Å². The molecule has 1 aromatic heterocycles. The highest BCUT2D eigenvalue weighted by molar-refractivity contribution is 5.67. The van der Waals surface area contributed by atoms with E-state index in [0.29, 0.717) is 19.1 Å². The lowest BCUT2D eigenvalue weighted by Crippen LogP contribution is -2.23. The minimum Gasteiger partial charge on any atom is -0.489 e. The summed E-state index contributed by atoms with van der Waals surface area (Å²) >= 11 is 0. The summed E-state index contributed by atoms with van der Waals surface area (Å²) in [5, 5.41) is 21.7. The third-order valence-electron chi connectivity index (χ3n) is 6.19. The fraction of sp³-hybridized carbons (Fsp3) is 0.407. The molecule has 2 aromatic carbocycles. The van der Waals surface area contributed by atoms with Gasteiger partial charge in [-0.15, -0.1) is 5.10 Å². The minimum absolute atomic E-state index is 0.173. The number of aliphatic hydroxyl groups excluding tert-OH is 1. The molecule has 33 heavy (non-hydrogen) atoms. The molecule has 2 atom stereocenters. The van der Waals surface area contributed by atoms with Gasteiger partial charge < -0.3 is 19.9 Å². The highest BCUT2D eigenvalue weighted by Crippen LogP contribution is 2.29. The zero-order chi connectivity index (χ0) is 22.9. The Morgan fingerprint density at radius 1 is 0.970 bits per heavy atom. The Kier molecular flexibility index (Phi) is 8.28. The molecule has 1 saturated heterocycles. The van der Waals surface area contributed by atoms with Crippen LogP contribution < -0.4 is 14.8 Å². The summed E-state index contributed by atoms with van der Waals surface area (Å²) in [5.41, 5.74) is 4.25. The molecular formula is C27H33N3O3. The van der Waals surface area contributed by atoms with Crippen LogP contribution in [0, 0.1) is 11.8 Å². The van der Waals surface area contributed by atoms with Gasteiger partial charge in [0.05, 0.1) is 12.3 Å². The molecule has 3 aromatic rings. The van der Waals surface area contributed by atoms with Crippen molar-refractivity contribution >= 4 is 0 Å². The number of ether oxygens (including phenoxy) is 2. The molecule has 0 radical (unpaired) electrons. The Labute approximate surface area is 196 Å². The highest BCUT2D eigenvalue weighted by atomic mass is 16.5. The van der Waals surface area contributed by atoms with Gasteiger partial charge >= 0.3 is 0 Å². The summed E-state index contributed by atoms with van der Waals surface area (Å²) in [6.07, 6.45) is 3.04. The molecule has 6 nitrogen and oxygen atoms in total. The van der Waals surface area contributed by atoms with Crippen molar-refractivity contribution in [2.75, 3.05) is 26.3 Å². The molecule has 1 aliphatic heterocycles. The van der Waals surface area contributed by atoms with Gasteiger partial charge in [-0.05, 0) is 36.1 Å². The molecule has 1 aliphatic rings. The number of nitrogens with one attached hydrogen (secondary N) is 1.